The predicted molar refractivity (Wildman–Crippen MR) is 134 cm³/mol. The van der Waals surface area contributed by atoms with Gasteiger partial charge in [-0.15, -0.1) is 22.7 Å². The molecule has 7 nitrogen and oxygen atoms in total. The number of halogens is 1. The largest absolute Gasteiger partial charge is 0.326 e. The zero-order valence-corrected chi connectivity index (χ0v) is 19.6. The molecule has 3 N–H and O–H groups in total. The Balaban J connectivity index is 1.45. The molecule has 10 heteroatoms. The van der Waals surface area contributed by atoms with Crippen LogP contribution >= 0.6 is 34.3 Å². The lowest BCUT2D eigenvalue weighted by Crippen LogP contribution is -2.14. The summed E-state index contributed by atoms with van der Waals surface area (Å²) in [6.07, 6.45) is 0. The second-order valence-electron chi connectivity index (χ2n) is 6.88. The first-order chi connectivity index (χ1) is 15.9. The molecule has 0 fully saturated rings. The van der Waals surface area contributed by atoms with Gasteiger partial charge in [0.15, 0.2) is 5.13 Å². The van der Waals surface area contributed by atoms with Crippen molar-refractivity contribution < 1.29 is 14.4 Å². The molecule has 0 spiro atoms. The fourth-order valence-corrected chi connectivity index (χ4v) is 4.41. The highest BCUT2D eigenvalue weighted by molar-refractivity contribution is 7.14. The summed E-state index contributed by atoms with van der Waals surface area (Å²) in [4.78, 5) is 41.2. The molecule has 2 aromatic heterocycles. The van der Waals surface area contributed by atoms with Crippen LogP contribution in [0.5, 0.6) is 0 Å². The summed E-state index contributed by atoms with van der Waals surface area (Å²) in [5.74, 6) is -0.809. The highest BCUT2D eigenvalue weighted by atomic mass is 35.5. The van der Waals surface area contributed by atoms with E-state index >= 15 is 0 Å². The van der Waals surface area contributed by atoms with Crippen LogP contribution in [0.1, 0.15) is 27.0 Å². The summed E-state index contributed by atoms with van der Waals surface area (Å²) < 4.78 is 0. The van der Waals surface area contributed by atoms with Gasteiger partial charge in [0.2, 0.25) is 5.91 Å². The summed E-state index contributed by atoms with van der Waals surface area (Å²) in [5.41, 5.74) is 2.93. The van der Waals surface area contributed by atoms with Crippen LogP contribution in [0.3, 0.4) is 0 Å². The van der Waals surface area contributed by atoms with E-state index in [1.807, 2.05) is 17.5 Å². The van der Waals surface area contributed by atoms with Crippen molar-refractivity contribution in [1.82, 2.24) is 4.98 Å². The molecule has 0 unspecified atom stereocenters. The van der Waals surface area contributed by atoms with E-state index < -0.39 is 0 Å². The van der Waals surface area contributed by atoms with Gasteiger partial charge in [0.25, 0.3) is 11.8 Å². The molecular weight excluding hydrogens is 480 g/mol. The molecule has 0 aliphatic rings. The van der Waals surface area contributed by atoms with E-state index in [-0.39, 0.29) is 17.7 Å². The Morgan fingerprint density at radius 2 is 1.70 bits per heavy atom. The number of amides is 3. The third-order valence-corrected chi connectivity index (χ3v) is 6.40. The Labute approximate surface area is 202 Å². The number of hydrogen-bond donors (Lipinski definition) is 3. The topological polar surface area (TPSA) is 100 Å². The monoisotopic (exact) mass is 496 g/mol. The molecule has 0 saturated carbocycles. The molecule has 0 aliphatic heterocycles. The predicted octanol–water partition coefficient (Wildman–Crippen LogP) is 5.99. The Morgan fingerprint density at radius 3 is 2.39 bits per heavy atom. The van der Waals surface area contributed by atoms with Crippen LogP contribution in [0.2, 0.25) is 5.02 Å². The highest BCUT2D eigenvalue weighted by Crippen LogP contribution is 2.28. The van der Waals surface area contributed by atoms with Crippen LogP contribution in [0, 0.1) is 0 Å². The first kappa shape index (κ1) is 22.7. The maximum absolute atomic E-state index is 12.7. The average Bonchev–Trinajstić information content (AvgIpc) is 3.48. The molecular formula is C23H17ClN4O3S2. The summed E-state index contributed by atoms with van der Waals surface area (Å²) in [7, 11) is 0. The minimum absolute atomic E-state index is 0.141. The normalized spacial score (nSPS) is 10.5. The van der Waals surface area contributed by atoms with Crippen LogP contribution in [-0.4, -0.2) is 22.7 Å². The van der Waals surface area contributed by atoms with Crippen molar-refractivity contribution >= 4 is 68.5 Å². The zero-order valence-electron chi connectivity index (χ0n) is 17.2. The fourth-order valence-electron chi connectivity index (χ4n) is 2.91. The number of benzene rings is 2. The molecule has 2 aromatic carbocycles. The Bertz CT molecular complexity index is 1320. The molecule has 0 saturated heterocycles. The van der Waals surface area contributed by atoms with Gasteiger partial charge in [0, 0.05) is 29.1 Å². The van der Waals surface area contributed by atoms with Crippen LogP contribution in [0.4, 0.5) is 16.5 Å². The number of hydrogen-bond acceptors (Lipinski definition) is 6. The average molecular weight is 497 g/mol. The van der Waals surface area contributed by atoms with Crippen LogP contribution in [0.15, 0.2) is 65.4 Å². The maximum Gasteiger partial charge on any atom is 0.265 e. The molecule has 0 aliphatic carbocycles. The number of anilines is 3. The van der Waals surface area contributed by atoms with Crippen molar-refractivity contribution in [2.24, 2.45) is 0 Å². The minimum atomic E-state index is -0.375. The molecule has 0 radical (unpaired) electrons. The van der Waals surface area contributed by atoms with Crippen LogP contribution in [-0.2, 0) is 4.79 Å². The summed E-state index contributed by atoms with van der Waals surface area (Å²) in [6, 6.07) is 15.4. The Kier molecular flexibility index (Phi) is 6.83. The van der Waals surface area contributed by atoms with E-state index in [0.29, 0.717) is 37.7 Å². The third kappa shape index (κ3) is 5.64. The van der Waals surface area contributed by atoms with Gasteiger partial charge in [-0.2, -0.15) is 0 Å². The van der Waals surface area contributed by atoms with Crippen molar-refractivity contribution in [2.75, 3.05) is 16.0 Å². The standard InChI is InChI=1S/C23H17ClN4O3S2/c1-13(29)25-16-7-4-14(5-8-16)19-12-33-23(27-19)28-21(30)15-6-9-17(24)18(11-15)26-22(31)20-3-2-10-32-20/h2-12H,1H3,(H,25,29)(H,26,31)(H,27,28,30). The number of nitrogens with one attached hydrogen (secondary N) is 3. The molecule has 0 atom stereocenters. The van der Waals surface area contributed by atoms with Gasteiger partial charge in [-0.05, 0) is 41.8 Å². The number of thiazole rings is 1. The molecule has 0 bridgehead atoms. The van der Waals surface area contributed by atoms with Crippen molar-refractivity contribution in [1.29, 1.82) is 0 Å². The molecule has 3 amide bonds. The van der Waals surface area contributed by atoms with Gasteiger partial charge in [-0.25, -0.2) is 4.98 Å². The number of thiophene rings is 1. The van der Waals surface area contributed by atoms with E-state index in [9.17, 15) is 14.4 Å². The second-order valence-corrected chi connectivity index (χ2v) is 9.09. The van der Waals surface area contributed by atoms with E-state index in [1.54, 1.807) is 41.8 Å². The molecule has 4 aromatic rings. The quantitative estimate of drug-likeness (QED) is 0.305. The first-order valence-electron chi connectivity index (χ1n) is 9.68. The SMILES string of the molecule is CC(=O)Nc1ccc(-c2csc(NC(=O)c3ccc(Cl)c(NC(=O)c4cccs4)c3)n2)cc1. The highest BCUT2D eigenvalue weighted by Gasteiger charge is 2.14. The van der Waals surface area contributed by atoms with Gasteiger partial charge in [-0.3, -0.25) is 19.7 Å². The summed E-state index contributed by atoms with van der Waals surface area (Å²) in [6.45, 7) is 1.45. The minimum Gasteiger partial charge on any atom is -0.326 e. The van der Waals surface area contributed by atoms with E-state index in [0.717, 1.165) is 5.56 Å². The van der Waals surface area contributed by atoms with Gasteiger partial charge in [0.05, 0.1) is 21.3 Å². The van der Waals surface area contributed by atoms with Gasteiger partial charge in [0.1, 0.15) is 0 Å². The third-order valence-electron chi connectivity index (χ3n) is 4.45. The van der Waals surface area contributed by atoms with Crippen molar-refractivity contribution in [2.45, 2.75) is 6.92 Å². The smallest absolute Gasteiger partial charge is 0.265 e. The van der Waals surface area contributed by atoms with Gasteiger partial charge >= 0.3 is 0 Å². The lowest BCUT2D eigenvalue weighted by molar-refractivity contribution is -0.114. The Hall–Kier alpha value is -3.53. The molecule has 2 heterocycles. The molecule has 33 heavy (non-hydrogen) atoms. The van der Waals surface area contributed by atoms with Crippen molar-refractivity contribution in [3.63, 3.8) is 0 Å². The summed E-state index contributed by atoms with van der Waals surface area (Å²) in [5, 5.41) is 12.6. The number of nitrogens with zero attached hydrogens (tertiary/aromatic N) is 1. The lowest BCUT2D eigenvalue weighted by Gasteiger charge is -2.09. The maximum atomic E-state index is 12.7. The van der Waals surface area contributed by atoms with Gasteiger partial charge in [-0.1, -0.05) is 29.8 Å². The van der Waals surface area contributed by atoms with Crippen molar-refractivity contribution in [3.05, 3.63) is 80.8 Å². The van der Waals surface area contributed by atoms with E-state index in [4.69, 9.17) is 11.6 Å². The van der Waals surface area contributed by atoms with Crippen LogP contribution in [0.25, 0.3) is 11.3 Å². The van der Waals surface area contributed by atoms with Crippen molar-refractivity contribution in [3.8, 4) is 11.3 Å². The lowest BCUT2D eigenvalue weighted by atomic mass is 10.1. The van der Waals surface area contributed by atoms with E-state index in [1.165, 1.54) is 35.7 Å². The summed E-state index contributed by atoms with van der Waals surface area (Å²) >= 11 is 8.80. The fraction of sp³-hybridized carbons (Fsp3) is 0.0435. The van der Waals surface area contributed by atoms with Crippen LogP contribution < -0.4 is 16.0 Å². The first-order valence-corrected chi connectivity index (χ1v) is 11.8. The number of rotatable bonds is 6. The molecule has 166 valence electrons. The second kappa shape index (κ2) is 9.95. The molecule has 4 rings (SSSR count). The number of carbonyl (C=O) groups excluding carboxylic acids is 3. The number of aromatic nitrogens is 1. The van der Waals surface area contributed by atoms with Gasteiger partial charge < -0.3 is 10.6 Å². The Morgan fingerprint density at radius 1 is 0.909 bits per heavy atom. The van der Waals surface area contributed by atoms with E-state index in [2.05, 4.69) is 20.9 Å². The zero-order chi connectivity index (χ0) is 23.4. The number of carbonyl (C=O) groups is 3.